The first-order valence-electron chi connectivity index (χ1n) is 14.0. The number of phenolic OH excluding ortho intramolecular Hbond substituents is 3. The Bertz CT molecular complexity index is 1440. The molecule has 2 saturated heterocycles. The Balaban J connectivity index is 1.49. The highest BCUT2D eigenvalue weighted by Crippen LogP contribution is 2.45. The minimum atomic E-state index is -1.90. The summed E-state index contributed by atoms with van der Waals surface area (Å²) in [6.07, 6.45) is -15.9. The number of esters is 1. The maximum absolute atomic E-state index is 11.9. The predicted molar refractivity (Wildman–Crippen MR) is 148 cm³/mol. The summed E-state index contributed by atoms with van der Waals surface area (Å²) in [4.78, 5) is 22.7. The van der Waals surface area contributed by atoms with Gasteiger partial charge >= 0.3 is 11.9 Å². The molecule has 0 radical (unpaired) electrons. The van der Waals surface area contributed by atoms with E-state index in [2.05, 4.69) is 4.74 Å². The lowest BCUT2D eigenvalue weighted by atomic mass is 9.97. The van der Waals surface area contributed by atoms with E-state index < -0.39 is 93.0 Å². The molecule has 3 heterocycles. The molecular weight excluding hydrogens is 620 g/mol. The van der Waals surface area contributed by atoms with E-state index in [-0.39, 0.29) is 34.3 Å². The Morgan fingerprint density at radius 3 is 2.30 bits per heavy atom. The van der Waals surface area contributed by atoms with E-state index >= 15 is 0 Å². The number of aromatic hydroxyl groups is 4. The minimum Gasteiger partial charge on any atom is -0.571 e. The number of benzene rings is 2. The van der Waals surface area contributed by atoms with Gasteiger partial charge in [0.15, 0.2) is 18.2 Å². The van der Waals surface area contributed by atoms with Crippen molar-refractivity contribution in [3.8, 4) is 23.0 Å². The van der Waals surface area contributed by atoms with Gasteiger partial charge in [-0.1, -0.05) is 0 Å². The first-order valence-corrected chi connectivity index (χ1v) is 14.0. The van der Waals surface area contributed by atoms with Gasteiger partial charge in [-0.2, -0.15) is 0 Å². The van der Waals surface area contributed by atoms with E-state index in [4.69, 9.17) is 28.8 Å². The van der Waals surface area contributed by atoms with E-state index in [1.165, 1.54) is 36.4 Å². The molecule has 0 spiro atoms. The number of carbonyl (C=O) groups is 2. The summed E-state index contributed by atoms with van der Waals surface area (Å²) in [6, 6.07) is 8.16. The number of hydrogen-bond acceptors (Lipinski definition) is 15. The standard InChI is InChI=1S/C29H32O17/c30-12-3-1-11(2-4-12)26-18(7-14-15(32)5-13(31)6-17(14)43-26)44-29-27(46-28-25(40)22(37)16(33)9-42-28)24(39)23(38)19(45-29)10-41-21(36)8-20(34)35/h1-7,16,19,22-33,37-40H,8-10H2,(H,34,35)/p+1. The molecule has 17 nitrogen and oxygen atoms in total. The molecule has 17 heteroatoms. The van der Waals surface area contributed by atoms with Crippen LogP contribution in [-0.2, 0) is 33.3 Å². The third kappa shape index (κ3) is 7.11. The average molecular weight is 654 g/mol. The van der Waals surface area contributed by atoms with Crippen molar-refractivity contribution in [2.45, 2.75) is 67.8 Å². The third-order valence-electron chi connectivity index (χ3n) is 7.50. The molecule has 0 saturated carbocycles. The third-order valence-corrected chi connectivity index (χ3v) is 7.50. The van der Waals surface area contributed by atoms with Crippen LogP contribution in [0.2, 0.25) is 0 Å². The molecule has 10 N–H and O–H groups in total. The monoisotopic (exact) mass is 653 g/mol. The van der Waals surface area contributed by atoms with Gasteiger partial charge in [0.25, 0.3) is 11.9 Å². The second-order valence-electron chi connectivity index (χ2n) is 10.8. The van der Waals surface area contributed by atoms with Crippen LogP contribution in [-0.4, -0.2) is 131 Å². The SMILES string of the molecule is O=C(O)CC(=O)OCC1OC(OC2=Cc3c(O)cc(O)cc3[OH+]C2c2ccc(O)cc2)C(OC2OCC(O)C(O)C2O)C(O)C1O. The van der Waals surface area contributed by atoms with Crippen molar-refractivity contribution in [1.29, 1.82) is 0 Å². The van der Waals surface area contributed by atoms with Crippen molar-refractivity contribution in [3.63, 3.8) is 0 Å². The van der Waals surface area contributed by atoms with Gasteiger partial charge < -0.3 is 74.4 Å². The van der Waals surface area contributed by atoms with Gasteiger partial charge in [0.2, 0.25) is 6.29 Å². The minimum absolute atomic E-state index is 0.0384. The van der Waals surface area contributed by atoms with E-state index in [9.17, 15) is 50.4 Å². The highest BCUT2D eigenvalue weighted by atomic mass is 16.8. The zero-order valence-electron chi connectivity index (χ0n) is 23.8. The van der Waals surface area contributed by atoms with Crippen LogP contribution < -0.4 is 0 Å². The topological polar surface area (TPSA) is 275 Å². The van der Waals surface area contributed by atoms with E-state index in [0.717, 1.165) is 6.07 Å². The Hall–Kier alpha value is -4.20. The lowest BCUT2D eigenvalue weighted by Crippen LogP contribution is -2.63. The van der Waals surface area contributed by atoms with Crippen molar-refractivity contribution in [1.82, 2.24) is 0 Å². The average Bonchev–Trinajstić information content (AvgIpc) is 3.00. The molecule has 2 aromatic carbocycles. The number of aliphatic carboxylic acids is 1. The summed E-state index contributed by atoms with van der Waals surface area (Å²) in [5, 5.41) is 91.6. The number of carbonyl (C=O) groups excluding carboxylic acids is 1. The molecule has 0 aromatic heterocycles. The van der Waals surface area contributed by atoms with E-state index in [1.807, 2.05) is 0 Å². The molecule has 0 bridgehead atoms. The number of rotatable bonds is 9. The lowest BCUT2D eigenvalue weighted by Gasteiger charge is -2.45. The molecule has 10 unspecified atom stereocenters. The van der Waals surface area contributed by atoms with Crippen LogP contribution in [0.3, 0.4) is 0 Å². The lowest BCUT2D eigenvalue weighted by molar-refractivity contribution is -0.353. The fourth-order valence-corrected chi connectivity index (χ4v) is 5.10. The van der Waals surface area contributed by atoms with Gasteiger partial charge in [-0.15, -0.1) is 0 Å². The molecular formula is C29H33O17+. The van der Waals surface area contributed by atoms with Gasteiger partial charge in [0, 0.05) is 12.1 Å². The molecule has 3 aliphatic rings. The number of carboxylic acids is 1. The molecule has 250 valence electrons. The van der Waals surface area contributed by atoms with Crippen LogP contribution in [0.25, 0.3) is 6.08 Å². The zero-order valence-corrected chi connectivity index (χ0v) is 23.8. The van der Waals surface area contributed by atoms with Crippen molar-refractivity contribution in [2.75, 3.05) is 13.2 Å². The molecule has 46 heavy (non-hydrogen) atoms. The molecule has 5 rings (SSSR count). The maximum atomic E-state index is 11.9. The summed E-state index contributed by atoms with van der Waals surface area (Å²) in [7, 11) is 0. The first-order chi connectivity index (χ1) is 21.8. The second kappa shape index (κ2) is 13.7. The molecule has 2 fully saturated rings. The summed E-state index contributed by atoms with van der Waals surface area (Å²) < 4.78 is 32.5. The number of ether oxygens (including phenoxy) is 6. The Labute approximate surface area is 259 Å². The normalized spacial score (nSPS) is 32.4. The van der Waals surface area contributed by atoms with Crippen LogP contribution in [0.1, 0.15) is 23.7 Å². The molecule has 0 aliphatic carbocycles. The predicted octanol–water partition coefficient (Wildman–Crippen LogP) is -1.55. The highest BCUT2D eigenvalue weighted by Gasteiger charge is 2.51. The smallest absolute Gasteiger partial charge is 0.317 e. The summed E-state index contributed by atoms with van der Waals surface area (Å²) in [5.74, 6) is -3.19. The number of fused-ring (bicyclic) bond motifs is 1. The van der Waals surface area contributed by atoms with Crippen LogP contribution in [0.5, 0.6) is 23.0 Å². The van der Waals surface area contributed by atoms with E-state index in [0.29, 0.717) is 5.56 Å². The summed E-state index contributed by atoms with van der Waals surface area (Å²) >= 11 is 0. The number of aliphatic hydroxyl groups is 6. The zero-order chi connectivity index (χ0) is 33.3. The number of aliphatic hydroxyl groups excluding tert-OH is 5. The van der Waals surface area contributed by atoms with Crippen molar-refractivity contribution < 1.29 is 84.0 Å². The Kier molecular flexibility index (Phi) is 9.85. The number of phenols is 3. The molecule has 10 atom stereocenters. The van der Waals surface area contributed by atoms with Gasteiger partial charge in [0.1, 0.15) is 72.5 Å². The number of hydrogen-bond donors (Lipinski definition) is 9. The van der Waals surface area contributed by atoms with Crippen molar-refractivity contribution in [2.24, 2.45) is 0 Å². The van der Waals surface area contributed by atoms with Crippen molar-refractivity contribution >= 4 is 18.0 Å². The maximum Gasteiger partial charge on any atom is 0.317 e. The second-order valence-corrected chi connectivity index (χ2v) is 10.8. The molecule has 3 aliphatic heterocycles. The Morgan fingerprint density at radius 1 is 0.891 bits per heavy atom. The molecule has 2 aromatic rings. The van der Waals surface area contributed by atoms with Crippen LogP contribution in [0, 0.1) is 0 Å². The van der Waals surface area contributed by atoms with Gasteiger partial charge in [-0.3, -0.25) is 9.59 Å². The van der Waals surface area contributed by atoms with Gasteiger partial charge in [0.05, 0.1) is 18.2 Å². The van der Waals surface area contributed by atoms with Crippen LogP contribution >= 0.6 is 0 Å². The number of carboxylic acid groups (broad SMARTS) is 1. The van der Waals surface area contributed by atoms with Crippen molar-refractivity contribution in [3.05, 3.63) is 53.3 Å². The summed E-state index contributed by atoms with van der Waals surface area (Å²) in [6.45, 7) is -1.18. The van der Waals surface area contributed by atoms with Gasteiger partial charge in [-0.25, -0.2) is 0 Å². The molecule has 0 amide bonds. The largest absolute Gasteiger partial charge is 0.571 e. The van der Waals surface area contributed by atoms with Crippen LogP contribution in [0.4, 0.5) is 0 Å². The fourth-order valence-electron chi connectivity index (χ4n) is 5.10. The van der Waals surface area contributed by atoms with Gasteiger partial charge in [-0.05, 0) is 24.3 Å². The van der Waals surface area contributed by atoms with Crippen LogP contribution in [0.15, 0.2) is 42.2 Å². The summed E-state index contributed by atoms with van der Waals surface area (Å²) in [5.41, 5.74) is 0.577. The van der Waals surface area contributed by atoms with E-state index in [1.54, 1.807) is 0 Å². The quantitative estimate of drug-likeness (QED) is 0.0841. The Morgan fingerprint density at radius 2 is 1.61 bits per heavy atom. The highest BCUT2D eigenvalue weighted by molar-refractivity contribution is 5.90. The fraction of sp³-hybridized carbons (Fsp3) is 0.448. The first kappa shape index (κ1) is 33.2.